The Kier molecular flexibility index (Phi) is 5.83. The lowest BCUT2D eigenvalue weighted by atomic mass is 10.0. The largest absolute Gasteiger partial charge is 0.353 e. The zero-order valence-electron chi connectivity index (χ0n) is 17.3. The number of amides is 1. The van der Waals surface area contributed by atoms with E-state index in [0.29, 0.717) is 6.04 Å². The number of fused-ring (bicyclic) bond motifs is 1. The number of aromatic nitrogens is 2. The molecule has 0 aromatic carbocycles. The first kappa shape index (κ1) is 19.6. The van der Waals surface area contributed by atoms with Crippen LogP contribution < -0.4 is 4.90 Å². The first-order valence-corrected chi connectivity index (χ1v) is 11.4. The van der Waals surface area contributed by atoms with Crippen LogP contribution in [0.1, 0.15) is 54.8 Å². The van der Waals surface area contributed by atoms with E-state index in [4.69, 9.17) is 0 Å². The van der Waals surface area contributed by atoms with E-state index in [2.05, 4.69) is 40.5 Å². The fourth-order valence-corrected chi connectivity index (χ4v) is 5.63. The molecule has 1 atom stereocenters. The van der Waals surface area contributed by atoms with E-state index >= 15 is 0 Å². The van der Waals surface area contributed by atoms with Gasteiger partial charge in [-0.2, -0.15) is 0 Å². The van der Waals surface area contributed by atoms with Crippen LogP contribution in [0.2, 0.25) is 0 Å². The van der Waals surface area contributed by atoms with Gasteiger partial charge < -0.3 is 9.80 Å². The fraction of sp³-hybridized carbons (Fsp3) is 0.667. The maximum absolute atomic E-state index is 13.3. The minimum absolute atomic E-state index is 0.161. The number of nitrogens with zero attached hydrogens (tertiary/aromatic N) is 5. The number of carbonyl (C=O) groups excluding carboxylic acids is 1. The van der Waals surface area contributed by atoms with Crippen LogP contribution in [0.4, 0.5) is 5.82 Å². The molecule has 0 bridgehead atoms. The monoisotopic (exact) mass is 401 g/mol. The molecule has 2 aromatic heterocycles. The highest BCUT2D eigenvalue weighted by molar-refractivity contribution is 7.20. The molecular weight excluding hydrogens is 370 g/mol. The second-order valence-electron chi connectivity index (χ2n) is 8.11. The average molecular weight is 402 g/mol. The molecule has 0 spiro atoms. The summed E-state index contributed by atoms with van der Waals surface area (Å²) in [5.41, 5.74) is 1.05. The number of piperazine rings is 1. The Hall–Kier alpha value is -1.73. The smallest absolute Gasteiger partial charge is 0.264 e. The molecule has 0 N–H and O–H groups in total. The van der Waals surface area contributed by atoms with E-state index in [-0.39, 0.29) is 5.91 Å². The van der Waals surface area contributed by atoms with Gasteiger partial charge in [0.15, 0.2) is 0 Å². The van der Waals surface area contributed by atoms with E-state index in [0.717, 1.165) is 65.7 Å². The highest BCUT2D eigenvalue weighted by atomic mass is 32.1. The predicted octanol–water partition coefficient (Wildman–Crippen LogP) is 3.55. The van der Waals surface area contributed by atoms with Gasteiger partial charge in [-0.25, -0.2) is 9.97 Å². The van der Waals surface area contributed by atoms with Gasteiger partial charge in [-0.05, 0) is 51.6 Å². The zero-order chi connectivity index (χ0) is 19.7. The van der Waals surface area contributed by atoms with Crippen molar-refractivity contribution in [2.45, 2.75) is 52.5 Å². The lowest BCUT2D eigenvalue weighted by Gasteiger charge is -2.35. The Balaban J connectivity index is 1.61. The van der Waals surface area contributed by atoms with Crippen LogP contribution in [0.25, 0.3) is 10.2 Å². The van der Waals surface area contributed by atoms with Crippen molar-refractivity contribution >= 4 is 33.3 Å². The van der Waals surface area contributed by atoms with E-state index in [9.17, 15) is 4.79 Å². The topological polar surface area (TPSA) is 52.6 Å². The lowest BCUT2D eigenvalue weighted by Crippen LogP contribution is -2.48. The number of thiophene rings is 1. The van der Waals surface area contributed by atoms with Gasteiger partial charge in [-0.3, -0.25) is 9.69 Å². The third kappa shape index (κ3) is 3.62. The molecule has 1 amide bonds. The van der Waals surface area contributed by atoms with Crippen molar-refractivity contribution in [1.29, 1.82) is 0 Å². The van der Waals surface area contributed by atoms with Crippen LogP contribution in [-0.4, -0.2) is 71.0 Å². The molecule has 2 saturated heterocycles. The number of rotatable bonds is 4. The summed E-state index contributed by atoms with van der Waals surface area (Å²) >= 11 is 1.53. The summed E-state index contributed by atoms with van der Waals surface area (Å²) < 4.78 is 0. The molecule has 2 aliphatic rings. The molecule has 7 heteroatoms. The maximum atomic E-state index is 13.3. The molecule has 2 fully saturated rings. The number of hydrogen-bond donors (Lipinski definition) is 0. The number of aryl methyl sites for hydroxylation is 1. The minimum Gasteiger partial charge on any atom is -0.353 e. The van der Waals surface area contributed by atoms with E-state index in [1.165, 1.54) is 37.0 Å². The second kappa shape index (κ2) is 8.33. The maximum Gasteiger partial charge on any atom is 0.264 e. The van der Waals surface area contributed by atoms with Crippen molar-refractivity contribution in [3.05, 3.63) is 16.8 Å². The Bertz CT molecular complexity index is 843. The number of piperidine rings is 1. The van der Waals surface area contributed by atoms with Crippen LogP contribution in [0, 0.1) is 6.92 Å². The van der Waals surface area contributed by atoms with Crippen molar-refractivity contribution in [3.8, 4) is 0 Å². The zero-order valence-corrected chi connectivity index (χ0v) is 18.1. The summed E-state index contributed by atoms with van der Waals surface area (Å²) in [6, 6.07) is 0.483. The number of anilines is 1. The SMILES string of the molecule is CCCN1CCN(C(=O)c2sc3ncnc(N4CCCCC4C)c3c2C)CC1. The summed E-state index contributed by atoms with van der Waals surface area (Å²) in [5.74, 6) is 1.17. The molecule has 0 aliphatic carbocycles. The Labute approximate surface area is 171 Å². The molecule has 1 unspecified atom stereocenters. The van der Waals surface area contributed by atoms with E-state index < -0.39 is 0 Å². The van der Waals surface area contributed by atoms with Gasteiger partial charge in [0, 0.05) is 38.8 Å². The molecular formula is C21H31N5OS. The van der Waals surface area contributed by atoms with Gasteiger partial charge in [-0.15, -0.1) is 11.3 Å². The third-order valence-electron chi connectivity index (χ3n) is 6.18. The van der Waals surface area contributed by atoms with Gasteiger partial charge >= 0.3 is 0 Å². The molecule has 0 saturated carbocycles. The van der Waals surface area contributed by atoms with E-state index in [1.807, 2.05) is 4.90 Å². The van der Waals surface area contributed by atoms with Crippen LogP contribution in [0.3, 0.4) is 0 Å². The van der Waals surface area contributed by atoms with Crippen LogP contribution in [-0.2, 0) is 0 Å². The van der Waals surface area contributed by atoms with Crippen molar-refractivity contribution in [1.82, 2.24) is 19.8 Å². The van der Waals surface area contributed by atoms with Crippen molar-refractivity contribution < 1.29 is 4.79 Å². The molecule has 28 heavy (non-hydrogen) atoms. The molecule has 2 aliphatic heterocycles. The van der Waals surface area contributed by atoms with Gasteiger partial charge in [0.1, 0.15) is 17.0 Å². The van der Waals surface area contributed by atoms with E-state index in [1.54, 1.807) is 6.33 Å². The summed E-state index contributed by atoms with van der Waals surface area (Å²) in [4.78, 5) is 31.1. The number of carbonyl (C=O) groups is 1. The Morgan fingerprint density at radius 2 is 1.96 bits per heavy atom. The molecule has 4 heterocycles. The Morgan fingerprint density at radius 3 is 2.68 bits per heavy atom. The summed E-state index contributed by atoms with van der Waals surface area (Å²) in [5, 5.41) is 1.08. The van der Waals surface area contributed by atoms with Crippen LogP contribution in [0.15, 0.2) is 6.33 Å². The highest BCUT2D eigenvalue weighted by Crippen LogP contribution is 2.37. The molecule has 6 nitrogen and oxygen atoms in total. The minimum atomic E-state index is 0.161. The van der Waals surface area contributed by atoms with Gasteiger partial charge in [0.05, 0.1) is 10.3 Å². The molecule has 0 radical (unpaired) electrons. The summed E-state index contributed by atoms with van der Waals surface area (Å²) in [6.07, 6.45) is 6.50. The van der Waals surface area contributed by atoms with Crippen molar-refractivity contribution in [2.24, 2.45) is 0 Å². The normalized spacial score (nSPS) is 21.5. The fourth-order valence-electron chi connectivity index (χ4n) is 4.52. The predicted molar refractivity (Wildman–Crippen MR) is 115 cm³/mol. The van der Waals surface area contributed by atoms with Crippen LogP contribution >= 0.6 is 11.3 Å². The van der Waals surface area contributed by atoms with Gasteiger partial charge in [0.25, 0.3) is 5.91 Å². The summed E-state index contributed by atoms with van der Waals surface area (Å²) in [7, 11) is 0. The third-order valence-corrected chi connectivity index (χ3v) is 7.36. The average Bonchev–Trinajstić information content (AvgIpc) is 3.06. The first-order valence-electron chi connectivity index (χ1n) is 10.6. The van der Waals surface area contributed by atoms with Crippen LogP contribution in [0.5, 0.6) is 0 Å². The number of hydrogen-bond acceptors (Lipinski definition) is 6. The molecule has 4 rings (SSSR count). The van der Waals surface area contributed by atoms with Crippen molar-refractivity contribution in [2.75, 3.05) is 44.2 Å². The highest BCUT2D eigenvalue weighted by Gasteiger charge is 2.28. The molecule has 2 aromatic rings. The first-order chi connectivity index (χ1) is 13.6. The molecule has 152 valence electrons. The standard InChI is InChI=1S/C21H31N5OS/c1-4-8-24-10-12-25(13-11-24)21(27)18-16(3)17-19(22-14-23-20(17)28-18)26-9-6-5-7-15(26)2/h14-15H,4-13H2,1-3H3. The van der Waals surface area contributed by atoms with Gasteiger partial charge in [0.2, 0.25) is 0 Å². The Morgan fingerprint density at radius 1 is 1.18 bits per heavy atom. The lowest BCUT2D eigenvalue weighted by molar-refractivity contribution is 0.0642. The summed E-state index contributed by atoms with van der Waals surface area (Å²) in [6.45, 7) is 12.3. The van der Waals surface area contributed by atoms with Crippen molar-refractivity contribution in [3.63, 3.8) is 0 Å². The second-order valence-corrected chi connectivity index (χ2v) is 9.10. The quantitative estimate of drug-likeness (QED) is 0.784. The van der Waals surface area contributed by atoms with Gasteiger partial charge in [-0.1, -0.05) is 6.92 Å².